The molecule has 2 aliphatic rings. The molecule has 7 heteroatoms. The van der Waals surface area contributed by atoms with E-state index in [0.29, 0.717) is 42.0 Å². The van der Waals surface area contributed by atoms with Crippen LogP contribution in [-0.4, -0.2) is 38.0 Å². The third kappa shape index (κ3) is 4.42. The molecular formula is C25H31NO6. The Balaban J connectivity index is 2.13. The summed E-state index contributed by atoms with van der Waals surface area (Å²) >= 11 is 0. The number of carbonyl (C=O) groups excluding carboxylic acids is 3. The predicted molar refractivity (Wildman–Crippen MR) is 119 cm³/mol. The number of ether oxygens (including phenoxy) is 3. The minimum atomic E-state index is -0.905. The van der Waals surface area contributed by atoms with Gasteiger partial charge in [0.05, 0.1) is 25.9 Å². The number of rotatable bonds is 7. The molecular weight excluding hydrogens is 410 g/mol. The number of allylic oxidation sites excluding steroid dienone is 3. The maximum absolute atomic E-state index is 13.6. The van der Waals surface area contributed by atoms with Crippen molar-refractivity contribution in [1.82, 2.24) is 5.32 Å². The lowest BCUT2D eigenvalue weighted by molar-refractivity contribution is -0.151. The number of dihydropyridines is 1. The lowest BCUT2D eigenvalue weighted by atomic mass is 9.69. The van der Waals surface area contributed by atoms with Gasteiger partial charge in [-0.3, -0.25) is 9.59 Å². The first-order valence-corrected chi connectivity index (χ1v) is 11.1. The van der Waals surface area contributed by atoms with Crippen LogP contribution in [0.15, 0.2) is 46.8 Å². The zero-order valence-corrected chi connectivity index (χ0v) is 19.3. The van der Waals surface area contributed by atoms with Gasteiger partial charge in [0.15, 0.2) is 5.78 Å². The minimum Gasteiger partial charge on any atom is -0.494 e. The number of nitrogens with one attached hydrogen (secondary N) is 1. The standard InChI is InChI=1S/C25H31NO6/c1-6-12-32-25(29)20-15(4)26-18-13-14(3)19(24(28)30-5)23(27)22(18)21(20)16-8-10-17(11-9-16)31-7-2/h8-11,14,19,21,26H,6-7,12-13H2,1-5H3. The predicted octanol–water partition coefficient (Wildman–Crippen LogP) is 3.65. The number of esters is 2. The van der Waals surface area contributed by atoms with Gasteiger partial charge >= 0.3 is 11.9 Å². The molecule has 1 aliphatic heterocycles. The summed E-state index contributed by atoms with van der Waals surface area (Å²) in [6.07, 6.45) is 1.19. The molecule has 0 amide bonds. The highest BCUT2D eigenvalue weighted by atomic mass is 16.5. The molecule has 7 nitrogen and oxygen atoms in total. The van der Waals surface area contributed by atoms with Crippen LogP contribution in [0.3, 0.4) is 0 Å². The van der Waals surface area contributed by atoms with Gasteiger partial charge in [-0.05, 0) is 50.3 Å². The Labute approximate surface area is 188 Å². The summed E-state index contributed by atoms with van der Waals surface area (Å²) in [5.74, 6) is -2.40. The van der Waals surface area contributed by atoms with Crippen LogP contribution in [0.2, 0.25) is 0 Å². The van der Waals surface area contributed by atoms with E-state index in [-0.39, 0.29) is 18.3 Å². The van der Waals surface area contributed by atoms with Gasteiger partial charge in [0.1, 0.15) is 11.7 Å². The van der Waals surface area contributed by atoms with E-state index in [9.17, 15) is 14.4 Å². The molecule has 0 fully saturated rings. The first kappa shape index (κ1) is 23.6. The lowest BCUT2D eigenvalue weighted by Gasteiger charge is -2.38. The first-order valence-electron chi connectivity index (χ1n) is 11.1. The number of benzene rings is 1. The average molecular weight is 442 g/mol. The SMILES string of the molecule is CCCOC(=O)C1=C(C)NC2=C(C(=O)C(C(=O)OC)C(C)C2)C1c1ccc(OCC)cc1. The van der Waals surface area contributed by atoms with Crippen molar-refractivity contribution in [2.45, 2.75) is 46.5 Å². The van der Waals surface area contributed by atoms with Gasteiger partial charge in [-0.25, -0.2) is 4.79 Å². The molecule has 3 rings (SSSR count). The Hall–Kier alpha value is -3.09. The summed E-state index contributed by atoms with van der Waals surface area (Å²) in [5.41, 5.74) is 2.97. The van der Waals surface area contributed by atoms with Gasteiger partial charge in [0, 0.05) is 22.9 Å². The van der Waals surface area contributed by atoms with Crippen LogP contribution in [-0.2, 0) is 23.9 Å². The fourth-order valence-electron chi connectivity index (χ4n) is 4.48. The summed E-state index contributed by atoms with van der Waals surface area (Å²) in [5, 5.41) is 3.26. The van der Waals surface area contributed by atoms with Gasteiger partial charge in [-0.1, -0.05) is 26.0 Å². The molecule has 1 heterocycles. The number of methoxy groups -OCH3 is 1. The van der Waals surface area contributed by atoms with Crippen molar-refractivity contribution < 1.29 is 28.6 Å². The summed E-state index contributed by atoms with van der Waals surface area (Å²) in [6, 6.07) is 7.34. The Kier molecular flexibility index (Phi) is 7.38. The van der Waals surface area contributed by atoms with Crippen molar-refractivity contribution in [2.24, 2.45) is 11.8 Å². The minimum absolute atomic E-state index is 0.219. The molecule has 0 bridgehead atoms. The van der Waals surface area contributed by atoms with Crippen LogP contribution in [0, 0.1) is 11.8 Å². The largest absolute Gasteiger partial charge is 0.494 e. The number of hydrogen-bond donors (Lipinski definition) is 1. The Morgan fingerprint density at radius 1 is 1.16 bits per heavy atom. The maximum Gasteiger partial charge on any atom is 0.336 e. The zero-order valence-electron chi connectivity index (χ0n) is 19.3. The zero-order chi connectivity index (χ0) is 23.4. The van der Waals surface area contributed by atoms with Gasteiger partial charge in [-0.2, -0.15) is 0 Å². The highest BCUT2D eigenvalue weighted by Gasteiger charge is 2.47. The summed E-state index contributed by atoms with van der Waals surface area (Å²) < 4.78 is 15.9. The van der Waals surface area contributed by atoms with Crippen LogP contribution >= 0.6 is 0 Å². The van der Waals surface area contributed by atoms with Gasteiger partial charge in [0.25, 0.3) is 0 Å². The van der Waals surface area contributed by atoms with E-state index in [0.717, 1.165) is 11.3 Å². The van der Waals surface area contributed by atoms with E-state index in [1.165, 1.54) is 7.11 Å². The van der Waals surface area contributed by atoms with Gasteiger partial charge in [0.2, 0.25) is 0 Å². The number of carbonyl (C=O) groups is 3. The molecule has 0 saturated heterocycles. The number of ketones is 1. The Morgan fingerprint density at radius 2 is 1.84 bits per heavy atom. The van der Waals surface area contributed by atoms with Gasteiger partial charge in [-0.15, -0.1) is 0 Å². The smallest absolute Gasteiger partial charge is 0.336 e. The van der Waals surface area contributed by atoms with E-state index in [1.807, 2.05) is 52.0 Å². The number of Topliss-reactive ketones (excluding diaryl/α,β-unsaturated/α-hetero) is 1. The molecule has 1 aromatic rings. The third-order valence-electron chi connectivity index (χ3n) is 5.92. The van der Waals surface area contributed by atoms with Gasteiger partial charge < -0.3 is 19.5 Å². The second kappa shape index (κ2) is 10.0. The fraction of sp³-hybridized carbons (Fsp3) is 0.480. The molecule has 172 valence electrons. The van der Waals surface area contributed by atoms with Crippen LogP contribution in [0.5, 0.6) is 5.75 Å². The van der Waals surface area contributed by atoms with Crippen LogP contribution in [0.4, 0.5) is 0 Å². The van der Waals surface area contributed by atoms with Crippen molar-refractivity contribution in [2.75, 3.05) is 20.3 Å². The van der Waals surface area contributed by atoms with Crippen molar-refractivity contribution in [1.29, 1.82) is 0 Å². The second-order valence-electron chi connectivity index (χ2n) is 8.17. The third-order valence-corrected chi connectivity index (χ3v) is 5.92. The quantitative estimate of drug-likeness (QED) is 0.510. The number of hydrogen-bond acceptors (Lipinski definition) is 7. The van der Waals surface area contributed by atoms with Crippen molar-refractivity contribution in [3.8, 4) is 5.75 Å². The highest BCUT2D eigenvalue weighted by Crippen LogP contribution is 2.45. The maximum atomic E-state index is 13.6. The molecule has 0 spiro atoms. The van der Waals surface area contributed by atoms with Crippen molar-refractivity contribution >= 4 is 17.7 Å². The Morgan fingerprint density at radius 3 is 2.44 bits per heavy atom. The fourth-order valence-corrected chi connectivity index (χ4v) is 4.48. The summed E-state index contributed by atoms with van der Waals surface area (Å²) in [7, 11) is 1.28. The van der Waals surface area contributed by atoms with Crippen LogP contribution in [0.1, 0.15) is 52.0 Å². The Bertz CT molecular complexity index is 959. The molecule has 32 heavy (non-hydrogen) atoms. The highest BCUT2D eigenvalue weighted by molar-refractivity contribution is 6.12. The second-order valence-corrected chi connectivity index (χ2v) is 8.17. The van der Waals surface area contributed by atoms with E-state index in [1.54, 1.807) is 0 Å². The van der Waals surface area contributed by atoms with Crippen LogP contribution < -0.4 is 10.1 Å². The molecule has 3 unspecified atom stereocenters. The van der Waals surface area contributed by atoms with Crippen LogP contribution in [0.25, 0.3) is 0 Å². The molecule has 1 N–H and O–H groups in total. The monoisotopic (exact) mass is 441 g/mol. The normalized spacial score (nSPS) is 22.8. The summed E-state index contributed by atoms with van der Waals surface area (Å²) in [6.45, 7) is 8.32. The average Bonchev–Trinajstić information content (AvgIpc) is 2.77. The lowest BCUT2D eigenvalue weighted by Crippen LogP contribution is -2.43. The topological polar surface area (TPSA) is 90.9 Å². The van der Waals surface area contributed by atoms with E-state index in [4.69, 9.17) is 14.2 Å². The molecule has 3 atom stereocenters. The van der Waals surface area contributed by atoms with Crippen molar-refractivity contribution in [3.05, 3.63) is 52.4 Å². The molecule has 0 radical (unpaired) electrons. The van der Waals surface area contributed by atoms with Crippen molar-refractivity contribution in [3.63, 3.8) is 0 Å². The molecule has 1 aliphatic carbocycles. The van der Waals surface area contributed by atoms with E-state index < -0.39 is 23.8 Å². The first-order chi connectivity index (χ1) is 15.3. The summed E-state index contributed by atoms with van der Waals surface area (Å²) in [4.78, 5) is 39.1. The van der Waals surface area contributed by atoms with E-state index in [2.05, 4.69) is 5.32 Å². The molecule has 1 aromatic carbocycles. The molecule has 0 aromatic heterocycles. The van der Waals surface area contributed by atoms with E-state index >= 15 is 0 Å². The molecule has 0 saturated carbocycles.